The number of aromatic nitrogens is 5. The molecule has 0 radical (unpaired) electrons. The molecule has 0 aliphatic carbocycles. The monoisotopic (exact) mass is 384 g/mol. The van der Waals surface area contributed by atoms with Crippen LogP contribution < -0.4 is 5.32 Å². The Balaban J connectivity index is 1.31. The van der Waals surface area contributed by atoms with Gasteiger partial charge in [0.05, 0.1) is 18.1 Å². The number of hydrogen-bond donors (Lipinski definition) is 1. The van der Waals surface area contributed by atoms with Gasteiger partial charge in [-0.15, -0.1) is 5.10 Å². The van der Waals surface area contributed by atoms with E-state index in [4.69, 9.17) is 0 Å². The van der Waals surface area contributed by atoms with E-state index in [0.29, 0.717) is 6.42 Å². The van der Waals surface area contributed by atoms with Crippen LogP contribution in [0.1, 0.15) is 12.1 Å². The first-order valence-corrected chi connectivity index (χ1v) is 9.65. The van der Waals surface area contributed by atoms with Gasteiger partial charge in [0.2, 0.25) is 5.91 Å². The van der Waals surface area contributed by atoms with Gasteiger partial charge in [-0.2, -0.15) is 0 Å². The predicted octanol–water partition coefficient (Wildman–Crippen LogP) is 3.33. The molecule has 144 valence electrons. The van der Waals surface area contributed by atoms with Gasteiger partial charge in [-0.05, 0) is 24.6 Å². The summed E-state index contributed by atoms with van der Waals surface area (Å²) in [6.45, 7) is 0.788. The summed E-state index contributed by atoms with van der Waals surface area (Å²) in [5.74, 6) is 0.937. The SMILES string of the molecule is O=C(Nc1cccc(-n2ccnn2)c1)C1CCn2c(cnc2-c2ccccc2)C1. The predicted molar refractivity (Wildman–Crippen MR) is 109 cm³/mol. The summed E-state index contributed by atoms with van der Waals surface area (Å²) in [5.41, 5.74) is 3.82. The molecule has 1 N–H and O–H groups in total. The molecule has 2 aromatic heterocycles. The molecular formula is C22H20N6O. The van der Waals surface area contributed by atoms with Gasteiger partial charge in [-0.3, -0.25) is 4.79 Å². The lowest BCUT2D eigenvalue weighted by molar-refractivity contribution is -0.120. The number of amides is 1. The first kappa shape index (κ1) is 17.4. The topological polar surface area (TPSA) is 77.6 Å². The highest BCUT2D eigenvalue weighted by atomic mass is 16.1. The highest BCUT2D eigenvalue weighted by Crippen LogP contribution is 2.28. The van der Waals surface area contributed by atoms with Gasteiger partial charge in [0.1, 0.15) is 5.82 Å². The summed E-state index contributed by atoms with van der Waals surface area (Å²) in [6, 6.07) is 17.8. The minimum absolute atomic E-state index is 0.0365. The van der Waals surface area contributed by atoms with E-state index in [1.54, 1.807) is 17.1 Å². The third-order valence-electron chi connectivity index (χ3n) is 5.30. The Labute approximate surface area is 168 Å². The lowest BCUT2D eigenvalue weighted by Gasteiger charge is -2.24. The van der Waals surface area contributed by atoms with Crippen molar-refractivity contribution in [2.24, 2.45) is 5.92 Å². The van der Waals surface area contributed by atoms with Gasteiger partial charge in [0.25, 0.3) is 0 Å². The number of fused-ring (bicyclic) bond motifs is 1. The average Bonchev–Trinajstić information content (AvgIpc) is 3.44. The van der Waals surface area contributed by atoms with Crippen molar-refractivity contribution in [3.8, 4) is 17.1 Å². The second-order valence-electron chi connectivity index (χ2n) is 7.17. The Morgan fingerprint density at radius 3 is 2.83 bits per heavy atom. The molecule has 7 heteroatoms. The number of imidazole rings is 1. The Hall–Kier alpha value is -3.74. The van der Waals surface area contributed by atoms with Crippen LogP contribution >= 0.6 is 0 Å². The van der Waals surface area contributed by atoms with Crippen molar-refractivity contribution in [3.05, 3.63) is 78.9 Å². The normalized spacial score (nSPS) is 15.7. The summed E-state index contributed by atoms with van der Waals surface area (Å²) in [4.78, 5) is 17.5. The van der Waals surface area contributed by atoms with Crippen LogP contribution in [0, 0.1) is 5.92 Å². The molecule has 29 heavy (non-hydrogen) atoms. The quantitative estimate of drug-likeness (QED) is 0.585. The summed E-state index contributed by atoms with van der Waals surface area (Å²) in [6.07, 6.45) is 6.77. The third kappa shape index (κ3) is 3.42. The lowest BCUT2D eigenvalue weighted by atomic mass is 9.95. The summed E-state index contributed by atoms with van der Waals surface area (Å²) in [5, 5.41) is 10.9. The Morgan fingerprint density at radius 2 is 2.00 bits per heavy atom. The molecule has 1 unspecified atom stereocenters. The van der Waals surface area contributed by atoms with Gasteiger partial charge < -0.3 is 9.88 Å². The highest BCUT2D eigenvalue weighted by Gasteiger charge is 2.27. The van der Waals surface area contributed by atoms with Gasteiger partial charge in [0, 0.05) is 42.0 Å². The standard InChI is InChI=1S/C22H20N6O/c29-22(25-18-7-4-8-19(14-18)28-12-10-24-26-28)17-9-11-27-20(13-17)15-23-21(27)16-5-2-1-3-6-16/h1-8,10,12,14-15,17H,9,11,13H2,(H,25,29). The molecule has 0 saturated carbocycles. The van der Waals surface area contributed by atoms with E-state index < -0.39 is 0 Å². The first-order chi connectivity index (χ1) is 14.3. The summed E-state index contributed by atoms with van der Waals surface area (Å²) in [7, 11) is 0. The molecule has 0 fully saturated rings. The molecule has 0 spiro atoms. The van der Waals surface area contributed by atoms with Crippen molar-refractivity contribution >= 4 is 11.6 Å². The minimum atomic E-state index is -0.0714. The van der Waals surface area contributed by atoms with E-state index in [-0.39, 0.29) is 11.8 Å². The number of carbonyl (C=O) groups excluding carboxylic acids is 1. The Kier molecular flexibility index (Phi) is 4.40. The number of anilines is 1. The zero-order valence-corrected chi connectivity index (χ0v) is 15.8. The van der Waals surface area contributed by atoms with Crippen molar-refractivity contribution in [1.82, 2.24) is 24.5 Å². The number of benzene rings is 2. The van der Waals surface area contributed by atoms with Crippen molar-refractivity contribution in [2.45, 2.75) is 19.4 Å². The van der Waals surface area contributed by atoms with Crippen LogP contribution in [0.4, 0.5) is 5.69 Å². The molecule has 7 nitrogen and oxygen atoms in total. The Morgan fingerprint density at radius 1 is 1.10 bits per heavy atom. The maximum Gasteiger partial charge on any atom is 0.227 e. The molecule has 5 rings (SSSR count). The van der Waals surface area contributed by atoms with Crippen molar-refractivity contribution in [3.63, 3.8) is 0 Å². The fourth-order valence-electron chi connectivity index (χ4n) is 3.82. The number of nitrogens with zero attached hydrogens (tertiary/aromatic N) is 5. The van der Waals surface area contributed by atoms with Crippen molar-refractivity contribution in [1.29, 1.82) is 0 Å². The molecule has 3 heterocycles. The second-order valence-corrected chi connectivity index (χ2v) is 7.17. The van der Waals surface area contributed by atoms with Crippen LogP contribution in [-0.2, 0) is 17.8 Å². The fourth-order valence-corrected chi connectivity index (χ4v) is 3.82. The number of hydrogen-bond acceptors (Lipinski definition) is 4. The van der Waals surface area contributed by atoms with Crippen LogP contribution in [0.2, 0.25) is 0 Å². The Bertz CT molecular complexity index is 1130. The van der Waals surface area contributed by atoms with E-state index in [1.165, 1.54) is 0 Å². The van der Waals surface area contributed by atoms with E-state index >= 15 is 0 Å². The zero-order chi connectivity index (χ0) is 19.6. The van der Waals surface area contributed by atoms with Crippen LogP contribution in [0.15, 0.2) is 73.2 Å². The molecule has 0 bridgehead atoms. The van der Waals surface area contributed by atoms with E-state index in [1.807, 2.05) is 48.7 Å². The van der Waals surface area contributed by atoms with Crippen molar-refractivity contribution in [2.75, 3.05) is 5.32 Å². The highest BCUT2D eigenvalue weighted by molar-refractivity contribution is 5.93. The fraction of sp³-hybridized carbons (Fsp3) is 0.182. The van der Waals surface area contributed by atoms with Crippen molar-refractivity contribution < 1.29 is 4.79 Å². The smallest absolute Gasteiger partial charge is 0.227 e. The summed E-state index contributed by atoms with van der Waals surface area (Å²) >= 11 is 0. The number of carbonyl (C=O) groups is 1. The van der Waals surface area contributed by atoms with Gasteiger partial charge >= 0.3 is 0 Å². The zero-order valence-electron chi connectivity index (χ0n) is 15.8. The maximum atomic E-state index is 12.9. The van der Waals surface area contributed by atoms with Crippen LogP contribution in [0.25, 0.3) is 17.1 Å². The second kappa shape index (κ2) is 7.35. The molecule has 1 aliphatic rings. The molecule has 1 aliphatic heterocycles. The number of nitrogens with one attached hydrogen (secondary N) is 1. The maximum absolute atomic E-state index is 12.9. The van der Waals surface area contributed by atoms with Crippen LogP contribution in [-0.4, -0.2) is 30.5 Å². The molecular weight excluding hydrogens is 364 g/mol. The van der Waals surface area contributed by atoms with Gasteiger partial charge in [-0.25, -0.2) is 9.67 Å². The van der Waals surface area contributed by atoms with Crippen LogP contribution in [0.5, 0.6) is 0 Å². The molecule has 0 saturated heterocycles. The molecule has 1 amide bonds. The third-order valence-corrected chi connectivity index (χ3v) is 5.30. The van der Waals surface area contributed by atoms with E-state index in [0.717, 1.165) is 41.4 Å². The van der Waals surface area contributed by atoms with Crippen LogP contribution in [0.3, 0.4) is 0 Å². The van der Waals surface area contributed by atoms with E-state index in [2.05, 4.69) is 37.3 Å². The average molecular weight is 384 g/mol. The number of rotatable bonds is 4. The summed E-state index contributed by atoms with van der Waals surface area (Å²) < 4.78 is 3.89. The molecule has 4 aromatic rings. The van der Waals surface area contributed by atoms with Gasteiger partial charge in [0.15, 0.2) is 0 Å². The molecule has 2 aromatic carbocycles. The minimum Gasteiger partial charge on any atom is -0.328 e. The molecule has 1 atom stereocenters. The first-order valence-electron chi connectivity index (χ1n) is 9.65. The lowest BCUT2D eigenvalue weighted by Crippen LogP contribution is -2.30. The van der Waals surface area contributed by atoms with E-state index in [9.17, 15) is 4.79 Å². The van der Waals surface area contributed by atoms with Gasteiger partial charge in [-0.1, -0.05) is 41.6 Å². The largest absolute Gasteiger partial charge is 0.328 e.